The van der Waals surface area contributed by atoms with Gasteiger partial charge in [0.05, 0.1) is 6.61 Å². The molecular weight excluding hydrogens is 234 g/mol. The summed E-state index contributed by atoms with van der Waals surface area (Å²) in [5.41, 5.74) is 3.18. The topological polar surface area (TPSA) is 21.3 Å². The van der Waals surface area contributed by atoms with Crippen molar-refractivity contribution in [2.45, 2.75) is 46.1 Å². The van der Waals surface area contributed by atoms with Crippen LogP contribution in [-0.2, 0) is 0 Å². The number of ether oxygens (including phenoxy) is 1. The molecule has 1 heterocycles. The Labute approximate surface area is 116 Å². The summed E-state index contributed by atoms with van der Waals surface area (Å²) in [6, 6.07) is 6.99. The summed E-state index contributed by atoms with van der Waals surface area (Å²) in [7, 11) is 0. The first-order chi connectivity index (χ1) is 9.08. The first-order valence-electron chi connectivity index (χ1n) is 7.53. The number of fused-ring (bicyclic) bond motifs is 1. The van der Waals surface area contributed by atoms with E-state index in [4.69, 9.17) is 4.74 Å². The molecule has 2 atom stereocenters. The maximum Gasteiger partial charge on any atom is 0.126 e. The molecule has 2 unspecified atom stereocenters. The molecule has 1 aromatic carbocycles. The maximum absolute atomic E-state index is 5.93. The number of para-hydroxylation sites is 1. The van der Waals surface area contributed by atoms with Gasteiger partial charge in [-0.25, -0.2) is 0 Å². The third-order valence-electron chi connectivity index (χ3n) is 4.83. The third kappa shape index (κ3) is 2.64. The van der Waals surface area contributed by atoms with Gasteiger partial charge in [0.1, 0.15) is 5.75 Å². The lowest BCUT2D eigenvalue weighted by atomic mass is 9.99. The van der Waals surface area contributed by atoms with E-state index in [0.717, 1.165) is 31.2 Å². The highest BCUT2D eigenvalue weighted by atomic mass is 16.5. The van der Waals surface area contributed by atoms with Crippen LogP contribution in [0.15, 0.2) is 18.2 Å². The predicted molar refractivity (Wildman–Crippen MR) is 78.5 cm³/mol. The lowest BCUT2D eigenvalue weighted by Gasteiger charge is -2.20. The number of benzene rings is 1. The van der Waals surface area contributed by atoms with Gasteiger partial charge in [0.15, 0.2) is 0 Å². The standard InChI is InChI=1S/C17H25NO/c1-12-6-4-7-14-15(8-5-9-19-16(12)14)18-11-13-10-17(13,2)3/h4,6-7,13,15,18H,5,8-11H2,1-3H3. The predicted octanol–water partition coefficient (Wildman–Crippen LogP) is 3.84. The van der Waals surface area contributed by atoms with Crippen LogP contribution in [0.1, 0.15) is 50.3 Å². The summed E-state index contributed by atoms with van der Waals surface area (Å²) < 4.78 is 5.93. The van der Waals surface area contributed by atoms with Crippen molar-refractivity contribution in [2.75, 3.05) is 13.2 Å². The van der Waals surface area contributed by atoms with Crippen molar-refractivity contribution in [1.29, 1.82) is 0 Å². The molecule has 2 aliphatic rings. The van der Waals surface area contributed by atoms with Gasteiger partial charge < -0.3 is 10.1 Å². The highest BCUT2D eigenvalue weighted by Crippen LogP contribution is 2.51. The summed E-state index contributed by atoms with van der Waals surface area (Å²) in [6.45, 7) is 8.88. The molecule has 1 fully saturated rings. The molecule has 2 heteroatoms. The van der Waals surface area contributed by atoms with Crippen molar-refractivity contribution >= 4 is 0 Å². The fraction of sp³-hybridized carbons (Fsp3) is 0.647. The van der Waals surface area contributed by atoms with Crippen molar-refractivity contribution in [1.82, 2.24) is 5.32 Å². The minimum absolute atomic E-state index is 0.466. The van der Waals surface area contributed by atoms with Crippen molar-refractivity contribution in [3.05, 3.63) is 29.3 Å². The fourth-order valence-corrected chi connectivity index (χ4v) is 3.19. The van der Waals surface area contributed by atoms with E-state index in [2.05, 4.69) is 44.3 Å². The Balaban J connectivity index is 1.73. The van der Waals surface area contributed by atoms with Crippen LogP contribution in [0.5, 0.6) is 5.75 Å². The number of rotatable bonds is 3. The minimum atomic E-state index is 0.466. The molecule has 0 bridgehead atoms. The molecule has 0 saturated heterocycles. The van der Waals surface area contributed by atoms with Gasteiger partial charge in [-0.1, -0.05) is 32.0 Å². The molecule has 0 aromatic heterocycles. The molecule has 0 amide bonds. The Morgan fingerprint density at radius 1 is 1.37 bits per heavy atom. The molecule has 1 aliphatic carbocycles. The van der Waals surface area contributed by atoms with Gasteiger partial charge in [0.25, 0.3) is 0 Å². The highest BCUT2D eigenvalue weighted by molar-refractivity contribution is 5.43. The zero-order valence-electron chi connectivity index (χ0n) is 12.3. The van der Waals surface area contributed by atoms with E-state index >= 15 is 0 Å². The van der Waals surface area contributed by atoms with E-state index in [1.807, 2.05) is 0 Å². The molecule has 0 spiro atoms. The molecule has 19 heavy (non-hydrogen) atoms. The second-order valence-electron chi connectivity index (χ2n) is 6.83. The van der Waals surface area contributed by atoms with E-state index in [0.29, 0.717) is 11.5 Å². The Kier molecular flexibility index (Phi) is 3.30. The Morgan fingerprint density at radius 3 is 2.89 bits per heavy atom. The van der Waals surface area contributed by atoms with Gasteiger partial charge in [0, 0.05) is 11.6 Å². The molecule has 1 aliphatic heterocycles. The number of aryl methyl sites for hydroxylation is 1. The van der Waals surface area contributed by atoms with E-state index in [1.165, 1.54) is 24.0 Å². The summed E-state index contributed by atoms with van der Waals surface area (Å²) in [4.78, 5) is 0. The van der Waals surface area contributed by atoms with Gasteiger partial charge in [-0.2, -0.15) is 0 Å². The largest absolute Gasteiger partial charge is 0.493 e. The zero-order valence-corrected chi connectivity index (χ0v) is 12.3. The van der Waals surface area contributed by atoms with Crippen molar-refractivity contribution in [3.63, 3.8) is 0 Å². The van der Waals surface area contributed by atoms with Crippen molar-refractivity contribution in [2.24, 2.45) is 11.3 Å². The average molecular weight is 259 g/mol. The van der Waals surface area contributed by atoms with Gasteiger partial charge in [0.2, 0.25) is 0 Å². The second-order valence-corrected chi connectivity index (χ2v) is 6.83. The van der Waals surface area contributed by atoms with E-state index in [9.17, 15) is 0 Å². The van der Waals surface area contributed by atoms with Crippen LogP contribution in [0.4, 0.5) is 0 Å². The first kappa shape index (κ1) is 13.0. The fourth-order valence-electron chi connectivity index (χ4n) is 3.19. The number of nitrogens with one attached hydrogen (secondary N) is 1. The Hall–Kier alpha value is -1.02. The van der Waals surface area contributed by atoms with E-state index in [1.54, 1.807) is 0 Å². The number of hydrogen-bond acceptors (Lipinski definition) is 2. The monoisotopic (exact) mass is 259 g/mol. The first-order valence-corrected chi connectivity index (χ1v) is 7.53. The zero-order chi connectivity index (χ0) is 13.5. The maximum atomic E-state index is 5.93. The van der Waals surface area contributed by atoms with Crippen molar-refractivity contribution in [3.8, 4) is 5.75 Å². The summed E-state index contributed by atoms with van der Waals surface area (Å²) in [5.74, 6) is 1.97. The quantitative estimate of drug-likeness (QED) is 0.890. The van der Waals surface area contributed by atoms with Gasteiger partial charge in [-0.3, -0.25) is 0 Å². The lowest BCUT2D eigenvalue weighted by molar-refractivity contribution is 0.313. The summed E-state index contributed by atoms with van der Waals surface area (Å²) >= 11 is 0. The van der Waals surface area contributed by atoms with Gasteiger partial charge in [-0.15, -0.1) is 0 Å². The van der Waals surface area contributed by atoms with Crippen molar-refractivity contribution < 1.29 is 4.74 Å². The molecule has 1 N–H and O–H groups in total. The lowest BCUT2D eigenvalue weighted by Crippen LogP contribution is -2.24. The normalized spacial score (nSPS) is 28.2. The molecule has 3 rings (SSSR count). The highest BCUT2D eigenvalue weighted by Gasteiger charge is 2.45. The third-order valence-corrected chi connectivity index (χ3v) is 4.83. The molecule has 104 valence electrons. The van der Waals surface area contributed by atoms with Crippen LogP contribution >= 0.6 is 0 Å². The average Bonchev–Trinajstić information content (AvgIpc) is 3.03. The van der Waals surface area contributed by atoms with Crippen LogP contribution in [0, 0.1) is 18.3 Å². The number of hydrogen-bond donors (Lipinski definition) is 1. The minimum Gasteiger partial charge on any atom is -0.493 e. The Morgan fingerprint density at radius 2 is 2.16 bits per heavy atom. The second kappa shape index (κ2) is 4.82. The SMILES string of the molecule is Cc1cccc2c1OCCCC2NCC1CC1(C)C. The van der Waals surface area contributed by atoms with Crippen LogP contribution < -0.4 is 10.1 Å². The molecule has 1 aromatic rings. The van der Waals surface area contributed by atoms with Crippen LogP contribution in [0.3, 0.4) is 0 Å². The molecule has 0 radical (unpaired) electrons. The van der Waals surface area contributed by atoms with Crippen LogP contribution in [-0.4, -0.2) is 13.2 Å². The smallest absolute Gasteiger partial charge is 0.126 e. The molecule has 2 nitrogen and oxygen atoms in total. The molecule has 1 saturated carbocycles. The van der Waals surface area contributed by atoms with Crippen LogP contribution in [0.25, 0.3) is 0 Å². The van der Waals surface area contributed by atoms with E-state index < -0.39 is 0 Å². The summed E-state index contributed by atoms with van der Waals surface area (Å²) in [5, 5.41) is 3.78. The van der Waals surface area contributed by atoms with Crippen LogP contribution in [0.2, 0.25) is 0 Å². The molecular formula is C17H25NO. The van der Waals surface area contributed by atoms with Gasteiger partial charge >= 0.3 is 0 Å². The summed E-state index contributed by atoms with van der Waals surface area (Å²) in [6.07, 6.45) is 3.69. The van der Waals surface area contributed by atoms with E-state index in [-0.39, 0.29) is 0 Å². The Bertz CT molecular complexity index is 466. The van der Waals surface area contributed by atoms with Gasteiger partial charge in [-0.05, 0) is 49.6 Å².